The molecule has 3 rings (SSSR count). The van der Waals surface area contributed by atoms with Crippen molar-refractivity contribution in [2.75, 3.05) is 46.9 Å². The summed E-state index contributed by atoms with van der Waals surface area (Å²) in [4.78, 5) is 18.0. The van der Waals surface area contributed by atoms with Crippen LogP contribution < -0.4 is 10.6 Å². The lowest BCUT2D eigenvalue weighted by Crippen LogP contribution is -2.43. The summed E-state index contributed by atoms with van der Waals surface area (Å²) in [7, 11) is 3.50. The maximum absolute atomic E-state index is 11.9. The molecule has 0 bridgehead atoms. The first-order valence-electron chi connectivity index (χ1n) is 9.55. The fourth-order valence-corrected chi connectivity index (χ4v) is 3.64. The second-order valence-electron chi connectivity index (χ2n) is 7.71. The number of benzene rings is 1. The molecule has 1 atom stereocenters. The maximum Gasteiger partial charge on any atom is 0.243 e. The van der Waals surface area contributed by atoms with Crippen molar-refractivity contribution in [2.45, 2.75) is 24.7 Å². The van der Waals surface area contributed by atoms with Crippen LogP contribution >= 0.6 is 15.9 Å². The zero-order valence-corrected chi connectivity index (χ0v) is 17.7. The van der Waals surface area contributed by atoms with Crippen LogP contribution in [0.25, 0.3) is 0 Å². The molecule has 1 saturated carbocycles. The van der Waals surface area contributed by atoms with Gasteiger partial charge in [0.1, 0.15) is 6.54 Å². The highest BCUT2D eigenvalue weighted by Gasteiger charge is 2.44. The van der Waals surface area contributed by atoms with E-state index in [-0.39, 0.29) is 17.9 Å². The molecule has 1 aromatic carbocycles. The number of hydrogen-bond donors (Lipinski definition) is 2. The van der Waals surface area contributed by atoms with Crippen molar-refractivity contribution in [1.82, 2.24) is 15.5 Å². The molecular weight excluding hydrogens is 408 g/mol. The lowest BCUT2D eigenvalue weighted by molar-refractivity contribution is -0.127. The van der Waals surface area contributed by atoms with Crippen molar-refractivity contribution in [3.8, 4) is 0 Å². The number of likely N-dealkylation sites (N-methyl/N-ethyl adjacent to an activating group) is 1. The number of nitrogens with zero attached hydrogens (tertiary/aromatic N) is 2. The first-order chi connectivity index (χ1) is 13.0. The lowest BCUT2D eigenvalue weighted by Gasteiger charge is -2.20. The molecular formula is C20H29BrN4O2. The largest absolute Gasteiger partial charge is 0.381 e. The van der Waals surface area contributed by atoms with Gasteiger partial charge in [-0.15, -0.1) is 0 Å². The molecule has 7 heteroatoms. The Labute approximate surface area is 169 Å². The number of ether oxygens (including phenoxy) is 1. The quantitative estimate of drug-likeness (QED) is 0.507. The average Bonchev–Trinajstić information content (AvgIpc) is 3.26. The van der Waals surface area contributed by atoms with Crippen LogP contribution in [-0.4, -0.2) is 63.7 Å². The molecule has 1 unspecified atom stereocenters. The standard InChI is InChI=1S/C20H29BrN4O2/c1-25(2)18(26)12-23-19(22-11-15-6-9-27-13-15)24-14-20(7-8-20)16-4-3-5-17(21)10-16/h3-5,10,15H,6-9,11-14H2,1-2H3,(H2,22,23,24). The predicted octanol–water partition coefficient (Wildman–Crippen LogP) is 2.14. The monoisotopic (exact) mass is 436 g/mol. The molecule has 1 aliphatic heterocycles. The Morgan fingerprint density at radius 3 is 2.81 bits per heavy atom. The molecule has 27 heavy (non-hydrogen) atoms. The van der Waals surface area contributed by atoms with Gasteiger partial charge in [0.15, 0.2) is 5.96 Å². The number of rotatable bonds is 7. The van der Waals surface area contributed by atoms with E-state index in [4.69, 9.17) is 4.74 Å². The molecule has 6 nitrogen and oxygen atoms in total. The molecule has 0 radical (unpaired) electrons. The van der Waals surface area contributed by atoms with E-state index in [1.165, 1.54) is 5.56 Å². The van der Waals surface area contributed by atoms with Gasteiger partial charge in [-0.1, -0.05) is 28.1 Å². The van der Waals surface area contributed by atoms with Crippen molar-refractivity contribution in [3.05, 3.63) is 34.3 Å². The smallest absolute Gasteiger partial charge is 0.243 e. The Kier molecular flexibility index (Phi) is 6.76. The minimum atomic E-state index is -0.00609. The van der Waals surface area contributed by atoms with Crippen LogP contribution in [0.4, 0.5) is 0 Å². The molecule has 1 amide bonds. The van der Waals surface area contributed by atoms with Crippen LogP contribution in [0.15, 0.2) is 33.7 Å². The van der Waals surface area contributed by atoms with E-state index >= 15 is 0 Å². The summed E-state index contributed by atoms with van der Waals surface area (Å²) in [6, 6.07) is 8.53. The van der Waals surface area contributed by atoms with Gasteiger partial charge < -0.3 is 20.3 Å². The van der Waals surface area contributed by atoms with Crippen molar-refractivity contribution < 1.29 is 9.53 Å². The summed E-state index contributed by atoms with van der Waals surface area (Å²) < 4.78 is 6.55. The summed E-state index contributed by atoms with van der Waals surface area (Å²) in [5, 5.41) is 6.87. The van der Waals surface area contributed by atoms with E-state index in [9.17, 15) is 4.79 Å². The number of amides is 1. The average molecular weight is 437 g/mol. The van der Waals surface area contributed by atoms with Gasteiger partial charge in [0.05, 0.1) is 6.61 Å². The van der Waals surface area contributed by atoms with Gasteiger partial charge >= 0.3 is 0 Å². The third-order valence-corrected chi connectivity index (χ3v) is 5.83. The van der Waals surface area contributed by atoms with Crippen LogP contribution in [-0.2, 0) is 14.9 Å². The van der Waals surface area contributed by atoms with Gasteiger partial charge in [-0.05, 0) is 37.0 Å². The fourth-order valence-electron chi connectivity index (χ4n) is 3.24. The first-order valence-corrected chi connectivity index (χ1v) is 10.3. The lowest BCUT2D eigenvalue weighted by atomic mass is 9.96. The number of carbonyl (C=O) groups excluding carboxylic acids is 1. The van der Waals surface area contributed by atoms with Crippen molar-refractivity contribution >= 4 is 27.8 Å². The van der Waals surface area contributed by atoms with Crippen LogP contribution in [0.1, 0.15) is 24.8 Å². The van der Waals surface area contributed by atoms with E-state index in [0.717, 1.165) is 50.0 Å². The van der Waals surface area contributed by atoms with Crippen LogP contribution in [0, 0.1) is 5.92 Å². The minimum absolute atomic E-state index is 0.00609. The number of aliphatic imine (C=N–C) groups is 1. The maximum atomic E-state index is 11.9. The topological polar surface area (TPSA) is 66.0 Å². The molecule has 2 N–H and O–H groups in total. The van der Waals surface area contributed by atoms with Gasteiger partial charge in [0.25, 0.3) is 0 Å². The summed E-state index contributed by atoms with van der Waals surface area (Å²) >= 11 is 3.57. The Hall–Kier alpha value is -1.60. The molecule has 1 heterocycles. The Balaban J connectivity index is 1.61. The molecule has 1 saturated heterocycles. The SMILES string of the molecule is CN(C)C(=O)CN=C(NCC1CCOC1)NCC1(c2cccc(Br)c2)CC1. The summed E-state index contributed by atoms with van der Waals surface area (Å²) in [6.07, 6.45) is 3.40. The van der Waals surface area contributed by atoms with Crippen LogP contribution in [0.2, 0.25) is 0 Å². The molecule has 1 aliphatic carbocycles. The highest BCUT2D eigenvalue weighted by Crippen LogP contribution is 2.48. The first kappa shape index (κ1) is 20.1. The van der Waals surface area contributed by atoms with Crippen molar-refractivity contribution in [1.29, 1.82) is 0 Å². The Morgan fingerprint density at radius 1 is 1.37 bits per heavy atom. The van der Waals surface area contributed by atoms with Crippen LogP contribution in [0.5, 0.6) is 0 Å². The Morgan fingerprint density at radius 2 is 2.19 bits per heavy atom. The molecule has 0 spiro atoms. The number of guanidine groups is 1. The second kappa shape index (κ2) is 9.06. The highest BCUT2D eigenvalue weighted by atomic mass is 79.9. The number of hydrogen-bond acceptors (Lipinski definition) is 3. The minimum Gasteiger partial charge on any atom is -0.381 e. The molecule has 1 aromatic rings. The van der Waals surface area contributed by atoms with E-state index in [1.54, 1.807) is 19.0 Å². The fraction of sp³-hybridized carbons (Fsp3) is 0.600. The molecule has 148 valence electrons. The van der Waals surface area contributed by atoms with Gasteiger partial charge in [-0.2, -0.15) is 0 Å². The number of nitrogens with one attached hydrogen (secondary N) is 2. The third-order valence-electron chi connectivity index (χ3n) is 5.34. The predicted molar refractivity (Wildman–Crippen MR) is 111 cm³/mol. The van der Waals surface area contributed by atoms with Crippen molar-refractivity contribution in [3.63, 3.8) is 0 Å². The molecule has 2 aliphatic rings. The van der Waals surface area contributed by atoms with Crippen LogP contribution in [0.3, 0.4) is 0 Å². The summed E-state index contributed by atoms with van der Waals surface area (Å²) in [5.74, 6) is 1.20. The third kappa shape index (κ3) is 5.69. The normalized spacial score (nSPS) is 21.0. The van der Waals surface area contributed by atoms with E-state index in [0.29, 0.717) is 11.9 Å². The van der Waals surface area contributed by atoms with E-state index in [2.05, 4.69) is 55.8 Å². The van der Waals surface area contributed by atoms with E-state index < -0.39 is 0 Å². The van der Waals surface area contributed by atoms with Crippen molar-refractivity contribution in [2.24, 2.45) is 10.9 Å². The van der Waals surface area contributed by atoms with Gasteiger partial charge in [0, 0.05) is 49.6 Å². The number of carbonyl (C=O) groups is 1. The zero-order valence-electron chi connectivity index (χ0n) is 16.1. The second-order valence-corrected chi connectivity index (χ2v) is 8.62. The molecule has 2 fully saturated rings. The summed E-state index contributed by atoms with van der Waals surface area (Å²) in [5.41, 5.74) is 1.51. The van der Waals surface area contributed by atoms with Gasteiger partial charge in [-0.3, -0.25) is 4.79 Å². The van der Waals surface area contributed by atoms with E-state index in [1.807, 2.05) is 0 Å². The van der Waals surface area contributed by atoms with Gasteiger partial charge in [0.2, 0.25) is 5.91 Å². The Bertz CT molecular complexity index is 682. The highest BCUT2D eigenvalue weighted by molar-refractivity contribution is 9.10. The van der Waals surface area contributed by atoms with Gasteiger partial charge in [-0.25, -0.2) is 4.99 Å². The number of halogens is 1. The summed E-state index contributed by atoms with van der Waals surface area (Å²) in [6.45, 7) is 3.39. The zero-order chi connectivity index (χ0) is 19.3. The molecule has 0 aromatic heterocycles.